The van der Waals surface area contributed by atoms with Gasteiger partial charge in [0.25, 0.3) is 0 Å². The maximum absolute atomic E-state index is 13.2. The fraction of sp³-hybridized carbons (Fsp3) is 0.348. The number of aromatic nitrogens is 1. The topological polar surface area (TPSA) is 112 Å². The number of aliphatic hydroxyl groups excluding tert-OH is 4. The molecule has 0 radical (unpaired) electrons. The number of aliphatic hydroxyl groups is 4. The van der Waals surface area contributed by atoms with E-state index in [1.165, 1.54) is 23.5 Å². The summed E-state index contributed by atoms with van der Waals surface area (Å²) in [6.45, 7) is 1.39. The van der Waals surface area contributed by atoms with Crippen molar-refractivity contribution in [2.75, 3.05) is 6.61 Å². The molecule has 1 aliphatic heterocycles. The standard InChI is InChI=1S/C23H24FNO6S/c1-12-3-2-4-16(30-23-22(29)21(28)20(27)17(11-26)31-23)15(12)9-19-25-10-18(32-19)13-5-7-14(24)8-6-13/h2-8,10,17,20-23,26-29H,9,11H2,1H3/t17-,20-,21+,22-,23-/m1/s1. The highest BCUT2D eigenvalue weighted by Crippen LogP contribution is 2.32. The first-order valence-electron chi connectivity index (χ1n) is 10.1. The Labute approximate surface area is 188 Å². The average Bonchev–Trinajstić information content (AvgIpc) is 3.25. The Morgan fingerprint density at radius 1 is 1.06 bits per heavy atom. The van der Waals surface area contributed by atoms with Crippen LogP contribution in [0, 0.1) is 12.7 Å². The van der Waals surface area contributed by atoms with E-state index in [2.05, 4.69) is 4.98 Å². The summed E-state index contributed by atoms with van der Waals surface area (Å²) >= 11 is 1.48. The van der Waals surface area contributed by atoms with Gasteiger partial charge < -0.3 is 29.9 Å². The molecule has 1 saturated heterocycles. The van der Waals surface area contributed by atoms with Gasteiger partial charge in [0.1, 0.15) is 36.0 Å². The lowest BCUT2D eigenvalue weighted by Crippen LogP contribution is -2.60. The molecule has 4 N–H and O–H groups in total. The molecule has 0 spiro atoms. The van der Waals surface area contributed by atoms with E-state index in [0.717, 1.165) is 26.6 Å². The van der Waals surface area contributed by atoms with Gasteiger partial charge in [0.15, 0.2) is 0 Å². The number of aryl methyl sites for hydroxylation is 1. The van der Waals surface area contributed by atoms with Crippen LogP contribution in [0.2, 0.25) is 0 Å². The van der Waals surface area contributed by atoms with E-state index in [1.54, 1.807) is 30.5 Å². The molecule has 1 aliphatic rings. The number of ether oxygens (including phenoxy) is 2. The number of nitrogens with zero attached hydrogens (tertiary/aromatic N) is 1. The van der Waals surface area contributed by atoms with Gasteiger partial charge in [-0.1, -0.05) is 24.3 Å². The van der Waals surface area contributed by atoms with Crippen molar-refractivity contribution in [3.05, 3.63) is 70.6 Å². The number of rotatable bonds is 6. The van der Waals surface area contributed by atoms with Crippen LogP contribution in [0.4, 0.5) is 4.39 Å². The number of halogens is 1. The van der Waals surface area contributed by atoms with Crippen LogP contribution in [-0.4, -0.2) is 62.7 Å². The number of benzene rings is 2. The van der Waals surface area contributed by atoms with E-state index in [1.807, 2.05) is 13.0 Å². The van der Waals surface area contributed by atoms with Crippen LogP contribution in [-0.2, 0) is 11.2 Å². The van der Waals surface area contributed by atoms with Gasteiger partial charge in [0.05, 0.1) is 16.5 Å². The molecular formula is C23H24FNO6S. The van der Waals surface area contributed by atoms with E-state index in [0.29, 0.717) is 12.2 Å². The fourth-order valence-electron chi connectivity index (χ4n) is 3.59. The van der Waals surface area contributed by atoms with E-state index in [4.69, 9.17) is 9.47 Å². The van der Waals surface area contributed by atoms with Crippen molar-refractivity contribution in [2.24, 2.45) is 0 Å². The van der Waals surface area contributed by atoms with Gasteiger partial charge in [-0.15, -0.1) is 11.3 Å². The molecular weight excluding hydrogens is 437 g/mol. The molecule has 2 aromatic carbocycles. The molecule has 5 atom stereocenters. The van der Waals surface area contributed by atoms with Crippen LogP contribution in [0.15, 0.2) is 48.7 Å². The molecule has 2 heterocycles. The maximum atomic E-state index is 13.2. The summed E-state index contributed by atoms with van der Waals surface area (Å²) in [5, 5.41) is 40.5. The second kappa shape index (κ2) is 9.62. The quantitative estimate of drug-likeness (QED) is 0.444. The van der Waals surface area contributed by atoms with Crippen LogP contribution in [0.1, 0.15) is 16.1 Å². The van der Waals surface area contributed by atoms with Gasteiger partial charge in [0, 0.05) is 18.2 Å². The van der Waals surface area contributed by atoms with Gasteiger partial charge in [-0.2, -0.15) is 0 Å². The summed E-state index contributed by atoms with van der Waals surface area (Å²) in [7, 11) is 0. The smallest absolute Gasteiger partial charge is 0.229 e. The van der Waals surface area contributed by atoms with E-state index in [9.17, 15) is 24.8 Å². The zero-order chi connectivity index (χ0) is 22.8. The normalized spacial score (nSPS) is 25.6. The van der Waals surface area contributed by atoms with E-state index >= 15 is 0 Å². The van der Waals surface area contributed by atoms with Crippen molar-refractivity contribution in [1.29, 1.82) is 0 Å². The SMILES string of the molecule is Cc1cccc(O[C@@H]2O[C@H](CO)[C@@H](O)[C@H](O)[C@H]2O)c1Cc1ncc(-c2ccc(F)cc2)s1. The Morgan fingerprint density at radius 3 is 2.53 bits per heavy atom. The third-order valence-corrected chi connectivity index (χ3v) is 6.52. The lowest BCUT2D eigenvalue weighted by molar-refractivity contribution is -0.277. The number of hydrogen-bond acceptors (Lipinski definition) is 8. The molecule has 0 unspecified atom stereocenters. The molecule has 9 heteroatoms. The monoisotopic (exact) mass is 461 g/mol. The second-order valence-electron chi connectivity index (χ2n) is 7.67. The molecule has 1 aromatic heterocycles. The van der Waals surface area contributed by atoms with Crippen LogP contribution in [0.25, 0.3) is 10.4 Å². The number of thiazole rings is 1. The minimum atomic E-state index is -1.52. The first kappa shape index (κ1) is 22.8. The molecule has 0 amide bonds. The van der Waals surface area contributed by atoms with Crippen molar-refractivity contribution in [3.63, 3.8) is 0 Å². The second-order valence-corrected chi connectivity index (χ2v) is 8.78. The minimum absolute atomic E-state index is 0.298. The number of hydrogen-bond donors (Lipinski definition) is 4. The third-order valence-electron chi connectivity index (χ3n) is 5.47. The maximum Gasteiger partial charge on any atom is 0.229 e. The zero-order valence-corrected chi connectivity index (χ0v) is 18.1. The van der Waals surface area contributed by atoms with Crippen LogP contribution < -0.4 is 4.74 Å². The van der Waals surface area contributed by atoms with Crippen molar-refractivity contribution < 1.29 is 34.3 Å². The van der Waals surface area contributed by atoms with Crippen molar-refractivity contribution in [3.8, 4) is 16.2 Å². The molecule has 1 fully saturated rings. The van der Waals surface area contributed by atoms with Crippen LogP contribution >= 0.6 is 11.3 Å². The Hall–Kier alpha value is -2.40. The Balaban J connectivity index is 1.56. The largest absolute Gasteiger partial charge is 0.462 e. The average molecular weight is 462 g/mol. The zero-order valence-electron chi connectivity index (χ0n) is 17.3. The Kier molecular flexibility index (Phi) is 6.85. The highest BCUT2D eigenvalue weighted by Gasteiger charge is 2.44. The van der Waals surface area contributed by atoms with Gasteiger partial charge in [0.2, 0.25) is 6.29 Å². The highest BCUT2D eigenvalue weighted by atomic mass is 32.1. The van der Waals surface area contributed by atoms with Crippen LogP contribution in [0.3, 0.4) is 0 Å². The van der Waals surface area contributed by atoms with Gasteiger partial charge in [-0.3, -0.25) is 0 Å². The summed E-state index contributed by atoms with van der Waals surface area (Å²) in [5.74, 6) is 0.140. The molecule has 170 valence electrons. The summed E-state index contributed by atoms with van der Waals surface area (Å²) in [5.41, 5.74) is 2.63. The van der Waals surface area contributed by atoms with E-state index < -0.39 is 37.3 Å². The Morgan fingerprint density at radius 2 is 1.81 bits per heavy atom. The molecule has 3 aromatic rings. The molecule has 7 nitrogen and oxygen atoms in total. The van der Waals surface area contributed by atoms with Crippen molar-refractivity contribution in [2.45, 2.75) is 44.1 Å². The summed E-state index contributed by atoms with van der Waals surface area (Å²) < 4.78 is 24.6. The lowest BCUT2D eigenvalue weighted by atomic mass is 9.99. The Bertz CT molecular complexity index is 1060. The fourth-order valence-corrected chi connectivity index (χ4v) is 4.53. The first-order chi connectivity index (χ1) is 15.4. The molecule has 0 bridgehead atoms. The van der Waals surface area contributed by atoms with E-state index in [-0.39, 0.29) is 5.82 Å². The first-order valence-corrected chi connectivity index (χ1v) is 11.0. The van der Waals surface area contributed by atoms with Crippen molar-refractivity contribution in [1.82, 2.24) is 4.98 Å². The summed E-state index contributed by atoms with van der Waals surface area (Å²) in [4.78, 5) is 5.39. The highest BCUT2D eigenvalue weighted by molar-refractivity contribution is 7.15. The molecule has 4 rings (SSSR count). The third kappa shape index (κ3) is 4.68. The summed E-state index contributed by atoms with van der Waals surface area (Å²) in [6, 6.07) is 11.7. The van der Waals surface area contributed by atoms with Crippen LogP contribution in [0.5, 0.6) is 5.75 Å². The minimum Gasteiger partial charge on any atom is -0.462 e. The predicted octanol–water partition coefficient (Wildman–Crippen LogP) is 2.03. The van der Waals surface area contributed by atoms with Gasteiger partial charge in [-0.25, -0.2) is 9.37 Å². The molecule has 32 heavy (non-hydrogen) atoms. The van der Waals surface area contributed by atoms with Gasteiger partial charge in [-0.05, 0) is 36.2 Å². The lowest BCUT2D eigenvalue weighted by Gasteiger charge is -2.39. The van der Waals surface area contributed by atoms with Gasteiger partial charge >= 0.3 is 0 Å². The molecule has 0 saturated carbocycles. The predicted molar refractivity (Wildman–Crippen MR) is 116 cm³/mol. The molecule has 0 aliphatic carbocycles. The summed E-state index contributed by atoms with van der Waals surface area (Å²) in [6.07, 6.45) is -4.59. The van der Waals surface area contributed by atoms with Crippen molar-refractivity contribution >= 4 is 11.3 Å².